The zero-order chi connectivity index (χ0) is 19.1. The fraction of sp³-hybridized carbons (Fsp3) is 0.250. The molecule has 27 heavy (non-hydrogen) atoms. The number of hydrogen-bond acceptors (Lipinski definition) is 6. The van der Waals surface area contributed by atoms with E-state index in [9.17, 15) is 9.59 Å². The summed E-state index contributed by atoms with van der Waals surface area (Å²) in [5, 5.41) is 3.53. The number of ether oxygens (including phenoxy) is 1. The normalized spacial score (nSPS) is 11.9. The van der Waals surface area contributed by atoms with Gasteiger partial charge in [0.1, 0.15) is 17.7 Å². The van der Waals surface area contributed by atoms with Crippen LogP contribution in [0.3, 0.4) is 0 Å². The number of fused-ring (bicyclic) bond motifs is 1. The third-order valence-corrected chi connectivity index (χ3v) is 5.57. The zero-order valence-corrected chi connectivity index (χ0v) is 16.5. The number of para-hydroxylation sites is 1. The van der Waals surface area contributed by atoms with Crippen molar-refractivity contribution in [2.45, 2.75) is 19.1 Å². The standard InChI is InChI=1S/C20H20N2O3S2/c1-26-12-11-16(22-19(23)14-7-3-2-4-8-14)20(24)25-13-18-21-15-9-5-6-10-17(15)27-18/h2-10,16H,11-13H2,1H3,(H,22,23)/t16-/m0/s1. The van der Waals surface area contributed by atoms with E-state index >= 15 is 0 Å². The Bertz CT molecular complexity index is 879. The van der Waals surface area contributed by atoms with Gasteiger partial charge in [0.05, 0.1) is 10.2 Å². The van der Waals surface area contributed by atoms with Crippen molar-refractivity contribution in [2.24, 2.45) is 0 Å². The minimum atomic E-state index is -0.681. The molecule has 0 aliphatic carbocycles. The van der Waals surface area contributed by atoms with Crippen LogP contribution in [-0.4, -0.2) is 34.9 Å². The molecule has 5 nitrogen and oxygen atoms in total. The van der Waals surface area contributed by atoms with Crippen LogP contribution in [0.2, 0.25) is 0 Å². The Morgan fingerprint density at radius 1 is 1.15 bits per heavy atom. The molecule has 1 N–H and O–H groups in total. The molecule has 0 saturated carbocycles. The van der Waals surface area contributed by atoms with Gasteiger partial charge >= 0.3 is 5.97 Å². The molecule has 2 aromatic carbocycles. The molecule has 0 spiro atoms. The summed E-state index contributed by atoms with van der Waals surface area (Å²) in [7, 11) is 0. The van der Waals surface area contributed by atoms with Gasteiger partial charge in [-0.25, -0.2) is 9.78 Å². The van der Waals surface area contributed by atoms with Gasteiger partial charge in [-0.1, -0.05) is 30.3 Å². The lowest BCUT2D eigenvalue weighted by atomic mass is 10.1. The average Bonchev–Trinajstić information content (AvgIpc) is 3.12. The van der Waals surface area contributed by atoms with Gasteiger partial charge in [0.25, 0.3) is 5.91 Å². The second-order valence-electron chi connectivity index (χ2n) is 5.86. The van der Waals surface area contributed by atoms with Gasteiger partial charge in [0, 0.05) is 5.56 Å². The monoisotopic (exact) mass is 400 g/mol. The molecule has 1 amide bonds. The second kappa shape index (κ2) is 9.53. The van der Waals surface area contributed by atoms with Gasteiger partial charge in [-0.15, -0.1) is 11.3 Å². The van der Waals surface area contributed by atoms with E-state index in [0.717, 1.165) is 21.0 Å². The van der Waals surface area contributed by atoms with Crippen LogP contribution in [0.25, 0.3) is 10.2 Å². The van der Waals surface area contributed by atoms with Crippen molar-refractivity contribution in [3.63, 3.8) is 0 Å². The number of thioether (sulfide) groups is 1. The summed E-state index contributed by atoms with van der Waals surface area (Å²) in [6.07, 6.45) is 2.47. The fourth-order valence-corrected chi connectivity index (χ4v) is 3.88. The average molecular weight is 401 g/mol. The van der Waals surface area contributed by atoms with E-state index in [1.165, 1.54) is 11.3 Å². The number of thiazole rings is 1. The van der Waals surface area contributed by atoms with Gasteiger partial charge in [-0.2, -0.15) is 11.8 Å². The number of amides is 1. The highest BCUT2D eigenvalue weighted by atomic mass is 32.2. The highest BCUT2D eigenvalue weighted by Crippen LogP contribution is 2.22. The van der Waals surface area contributed by atoms with E-state index in [0.29, 0.717) is 12.0 Å². The first-order valence-corrected chi connectivity index (χ1v) is 10.7. The van der Waals surface area contributed by atoms with Crippen LogP contribution < -0.4 is 5.32 Å². The van der Waals surface area contributed by atoms with Crippen LogP contribution in [0, 0.1) is 0 Å². The molecule has 1 aromatic heterocycles. The van der Waals surface area contributed by atoms with Crippen molar-refractivity contribution in [1.29, 1.82) is 0 Å². The van der Waals surface area contributed by atoms with Crippen molar-refractivity contribution in [2.75, 3.05) is 12.0 Å². The molecule has 140 valence electrons. The van der Waals surface area contributed by atoms with Crippen molar-refractivity contribution in [3.8, 4) is 0 Å². The number of nitrogens with zero attached hydrogens (tertiary/aromatic N) is 1. The van der Waals surface area contributed by atoms with Gasteiger partial charge < -0.3 is 10.1 Å². The minimum absolute atomic E-state index is 0.106. The lowest BCUT2D eigenvalue weighted by molar-refractivity contribution is -0.147. The number of aromatic nitrogens is 1. The maximum Gasteiger partial charge on any atom is 0.329 e. The molecule has 0 aliphatic heterocycles. The van der Waals surface area contributed by atoms with E-state index in [4.69, 9.17) is 4.74 Å². The van der Waals surface area contributed by atoms with Gasteiger partial charge in [0.15, 0.2) is 0 Å². The van der Waals surface area contributed by atoms with Crippen molar-refractivity contribution >= 4 is 45.2 Å². The lowest BCUT2D eigenvalue weighted by Crippen LogP contribution is -2.42. The molecule has 0 aliphatic rings. The number of hydrogen-bond donors (Lipinski definition) is 1. The van der Waals surface area contributed by atoms with E-state index in [2.05, 4.69) is 10.3 Å². The summed E-state index contributed by atoms with van der Waals surface area (Å²) in [5.74, 6) is 0.0295. The van der Waals surface area contributed by atoms with Gasteiger partial charge in [-0.05, 0) is 42.7 Å². The summed E-state index contributed by atoms with van der Waals surface area (Å²) in [5.41, 5.74) is 1.41. The Kier molecular flexibility index (Phi) is 6.84. The molecular weight excluding hydrogens is 380 g/mol. The van der Waals surface area contributed by atoms with Crippen molar-refractivity contribution in [3.05, 3.63) is 65.2 Å². The fourth-order valence-electron chi connectivity index (χ4n) is 2.53. The third kappa shape index (κ3) is 5.30. The molecule has 1 atom stereocenters. The molecule has 0 fully saturated rings. The largest absolute Gasteiger partial charge is 0.457 e. The predicted molar refractivity (Wildman–Crippen MR) is 110 cm³/mol. The van der Waals surface area contributed by atoms with Crippen LogP contribution in [0.1, 0.15) is 21.8 Å². The number of esters is 1. The number of rotatable bonds is 8. The number of carbonyl (C=O) groups is 2. The predicted octanol–water partition coefficient (Wildman–Crippen LogP) is 3.89. The highest BCUT2D eigenvalue weighted by Gasteiger charge is 2.23. The van der Waals surface area contributed by atoms with Crippen LogP contribution in [0.15, 0.2) is 54.6 Å². The molecule has 3 aromatic rings. The van der Waals surface area contributed by atoms with Crippen LogP contribution in [0.4, 0.5) is 0 Å². The molecule has 0 unspecified atom stereocenters. The molecule has 7 heteroatoms. The Morgan fingerprint density at radius 2 is 1.89 bits per heavy atom. The SMILES string of the molecule is CSCC[C@H](NC(=O)c1ccccc1)C(=O)OCc1nc2ccccc2s1. The van der Waals surface area contributed by atoms with E-state index in [1.807, 2.05) is 36.6 Å². The molecule has 0 radical (unpaired) electrons. The molecule has 0 saturated heterocycles. The van der Waals surface area contributed by atoms with Crippen molar-refractivity contribution in [1.82, 2.24) is 10.3 Å². The smallest absolute Gasteiger partial charge is 0.329 e. The first-order valence-electron chi connectivity index (χ1n) is 8.53. The highest BCUT2D eigenvalue weighted by molar-refractivity contribution is 7.98. The topological polar surface area (TPSA) is 68.3 Å². The van der Waals surface area contributed by atoms with E-state index in [-0.39, 0.29) is 12.5 Å². The maximum atomic E-state index is 12.5. The van der Waals surface area contributed by atoms with Gasteiger partial charge in [-0.3, -0.25) is 4.79 Å². The summed E-state index contributed by atoms with van der Waals surface area (Å²) in [4.78, 5) is 29.4. The Balaban J connectivity index is 1.62. The number of carbonyl (C=O) groups excluding carboxylic acids is 2. The first-order chi connectivity index (χ1) is 13.2. The summed E-state index contributed by atoms with van der Waals surface area (Å²) >= 11 is 3.12. The number of nitrogens with one attached hydrogen (secondary N) is 1. The molecule has 0 bridgehead atoms. The second-order valence-corrected chi connectivity index (χ2v) is 7.96. The Morgan fingerprint density at radius 3 is 2.63 bits per heavy atom. The van der Waals surface area contributed by atoms with Crippen LogP contribution in [0.5, 0.6) is 0 Å². The van der Waals surface area contributed by atoms with E-state index < -0.39 is 12.0 Å². The lowest BCUT2D eigenvalue weighted by Gasteiger charge is -2.17. The van der Waals surface area contributed by atoms with E-state index in [1.54, 1.807) is 36.0 Å². The zero-order valence-electron chi connectivity index (χ0n) is 14.9. The van der Waals surface area contributed by atoms with Crippen molar-refractivity contribution < 1.29 is 14.3 Å². The minimum Gasteiger partial charge on any atom is -0.457 e. The number of benzene rings is 2. The van der Waals surface area contributed by atoms with Gasteiger partial charge in [0.2, 0.25) is 0 Å². The van der Waals surface area contributed by atoms with Crippen LogP contribution in [-0.2, 0) is 16.1 Å². The molecule has 1 heterocycles. The summed E-state index contributed by atoms with van der Waals surface area (Å²) in [6, 6.07) is 16.0. The summed E-state index contributed by atoms with van der Waals surface area (Å²) in [6.45, 7) is 0.106. The van der Waals surface area contributed by atoms with Crippen LogP contribution >= 0.6 is 23.1 Å². The maximum absolute atomic E-state index is 12.5. The third-order valence-electron chi connectivity index (χ3n) is 3.91. The molecular formula is C20H20N2O3S2. The Hall–Kier alpha value is -2.38. The molecule has 3 rings (SSSR count). The first kappa shape index (κ1) is 19.4. The summed E-state index contributed by atoms with van der Waals surface area (Å²) < 4.78 is 6.49. The quantitative estimate of drug-likeness (QED) is 0.581. The Labute approximate surface area is 166 Å².